The highest BCUT2D eigenvalue weighted by atomic mass is 19.2. The zero-order valence-electron chi connectivity index (χ0n) is 13.9. The lowest BCUT2D eigenvalue weighted by atomic mass is 10.2. The van der Waals surface area contributed by atoms with Crippen molar-refractivity contribution in [2.45, 2.75) is 6.92 Å². The molecular weight excluding hydrogens is 364 g/mol. The van der Waals surface area contributed by atoms with Gasteiger partial charge in [0.25, 0.3) is 5.91 Å². The van der Waals surface area contributed by atoms with E-state index in [0.29, 0.717) is 6.07 Å². The molecule has 0 radical (unpaired) electrons. The number of carbonyl (C=O) groups excluding carboxylic acids is 1. The lowest BCUT2D eigenvalue weighted by molar-refractivity contribution is 0.102. The minimum atomic E-state index is -1.11. The first kappa shape index (κ1) is 18.3. The van der Waals surface area contributed by atoms with Gasteiger partial charge < -0.3 is 10.6 Å². The van der Waals surface area contributed by atoms with Crippen LogP contribution in [0.3, 0.4) is 0 Å². The minimum absolute atomic E-state index is 0.0363. The highest BCUT2D eigenvalue weighted by molar-refractivity contribution is 6.03. The lowest BCUT2D eigenvalue weighted by Crippen LogP contribution is -2.15. The normalized spacial score (nSPS) is 10.6. The van der Waals surface area contributed by atoms with Crippen LogP contribution in [0, 0.1) is 30.2 Å². The maximum Gasteiger partial charge on any atom is 0.274 e. The van der Waals surface area contributed by atoms with Crippen LogP contribution in [0.15, 0.2) is 42.5 Å². The van der Waals surface area contributed by atoms with E-state index in [4.69, 9.17) is 0 Å². The fourth-order valence-corrected chi connectivity index (χ4v) is 2.25. The molecule has 9 heteroatoms. The predicted octanol–water partition coefficient (Wildman–Crippen LogP) is 4.34. The van der Waals surface area contributed by atoms with Crippen LogP contribution in [-0.4, -0.2) is 15.9 Å². The Bertz CT molecular complexity index is 1030. The monoisotopic (exact) mass is 376 g/mol. The summed E-state index contributed by atoms with van der Waals surface area (Å²) >= 11 is 0. The molecule has 0 aliphatic heterocycles. The van der Waals surface area contributed by atoms with E-state index >= 15 is 0 Å². The van der Waals surface area contributed by atoms with Crippen LogP contribution in [0.2, 0.25) is 0 Å². The Morgan fingerprint density at radius 3 is 2.37 bits per heavy atom. The van der Waals surface area contributed by atoms with Gasteiger partial charge in [-0.1, -0.05) is 0 Å². The summed E-state index contributed by atoms with van der Waals surface area (Å²) in [4.78, 5) is 20.3. The van der Waals surface area contributed by atoms with Crippen molar-refractivity contribution >= 4 is 23.1 Å². The molecule has 138 valence electrons. The Labute approximate surface area is 151 Å². The molecule has 1 amide bonds. The van der Waals surface area contributed by atoms with Crippen molar-refractivity contribution in [3.8, 4) is 0 Å². The van der Waals surface area contributed by atoms with Gasteiger partial charge in [0.1, 0.15) is 29.0 Å². The number of aryl methyl sites for hydroxylation is 1. The Morgan fingerprint density at radius 1 is 0.889 bits per heavy atom. The van der Waals surface area contributed by atoms with E-state index in [1.165, 1.54) is 25.1 Å². The third-order valence-corrected chi connectivity index (χ3v) is 3.44. The highest BCUT2D eigenvalue weighted by Crippen LogP contribution is 2.20. The molecule has 1 aromatic heterocycles. The first-order valence-corrected chi connectivity index (χ1v) is 7.66. The van der Waals surface area contributed by atoms with E-state index < -0.39 is 29.2 Å². The number of amides is 1. The summed E-state index contributed by atoms with van der Waals surface area (Å²) in [6.45, 7) is 1.51. The van der Waals surface area contributed by atoms with Gasteiger partial charge in [-0.05, 0) is 31.2 Å². The minimum Gasteiger partial charge on any atom is -0.338 e. The number of nitrogens with one attached hydrogen (secondary N) is 2. The van der Waals surface area contributed by atoms with Crippen LogP contribution in [0.5, 0.6) is 0 Å². The molecule has 0 spiro atoms. The van der Waals surface area contributed by atoms with Crippen molar-refractivity contribution in [3.05, 3.63) is 77.3 Å². The van der Waals surface area contributed by atoms with E-state index in [-0.39, 0.29) is 28.7 Å². The van der Waals surface area contributed by atoms with E-state index in [1.807, 2.05) is 0 Å². The van der Waals surface area contributed by atoms with Gasteiger partial charge in [-0.25, -0.2) is 27.5 Å². The van der Waals surface area contributed by atoms with Crippen LogP contribution in [0.1, 0.15) is 16.3 Å². The molecule has 0 fully saturated rings. The van der Waals surface area contributed by atoms with Crippen LogP contribution in [0.25, 0.3) is 0 Å². The molecule has 0 aliphatic rings. The summed E-state index contributed by atoms with van der Waals surface area (Å²) in [6.07, 6.45) is 0. The second kappa shape index (κ2) is 7.40. The quantitative estimate of drug-likeness (QED) is 0.665. The lowest BCUT2D eigenvalue weighted by Gasteiger charge is -2.10. The number of halogens is 4. The molecule has 0 saturated heterocycles. The number of benzene rings is 2. The van der Waals surface area contributed by atoms with Crippen molar-refractivity contribution < 1.29 is 22.4 Å². The van der Waals surface area contributed by atoms with Gasteiger partial charge in [0.05, 0.1) is 5.69 Å². The smallest absolute Gasteiger partial charge is 0.274 e. The molecule has 27 heavy (non-hydrogen) atoms. The summed E-state index contributed by atoms with van der Waals surface area (Å²) < 4.78 is 53.0. The molecule has 0 saturated carbocycles. The molecule has 2 aromatic carbocycles. The van der Waals surface area contributed by atoms with Crippen molar-refractivity contribution in [3.63, 3.8) is 0 Å². The van der Waals surface area contributed by atoms with Crippen LogP contribution in [-0.2, 0) is 0 Å². The summed E-state index contributed by atoms with van der Waals surface area (Å²) in [6, 6.07) is 7.09. The Balaban J connectivity index is 1.83. The van der Waals surface area contributed by atoms with Crippen molar-refractivity contribution in [2.75, 3.05) is 10.6 Å². The third kappa shape index (κ3) is 4.38. The Kier molecular flexibility index (Phi) is 5.02. The molecule has 5 nitrogen and oxygen atoms in total. The van der Waals surface area contributed by atoms with Crippen molar-refractivity contribution in [1.82, 2.24) is 9.97 Å². The molecule has 2 N–H and O–H groups in total. The fraction of sp³-hybridized carbons (Fsp3) is 0.0556. The Hall–Kier alpha value is -3.49. The maximum absolute atomic E-state index is 13.8. The predicted molar refractivity (Wildman–Crippen MR) is 90.7 cm³/mol. The van der Waals surface area contributed by atoms with Crippen LogP contribution < -0.4 is 10.6 Å². The zero-order valence-corrected chi connectivity index (χ0v) is 13.9. The van der Waals surface area contributed by atoms with Gasteiger partial charge >= 0.3 is 0 Å². The first-order valence-electron chi connectivity index (χ1n) is 7.66. The maximum atomic E-state index is 13.8. The van der Waals surface area contributed by atoms with E-state index in [9.17, 15) is 22.4 Å². The van der Waals surface area contributed by atoms with Crippen LogP contribution >= 0.6 is 0 Å². The summed E-state index contributed by atoms with van der Waals surface area (Å²) in [7, 11) is 0. The fourth-order valence-electron chi connectivity index (χ4n) is 2.25. The number of anilines is 3. The van der Waals surface area contributed by atoms with Gasteiger partial charge in [-0.3, -0.25) is 4.79 Å². The van der Waals surface area contributed by atoms with Gasteiger partial charge in [-0.15, -0.1) is 0 Å². The van der Waals surface area contributed by atoms with Gasteiger partial charge in [0, 0.05) is 23.9 Å². The first-order chi connectivity index (χ1) is 12.8. The van der Waals surface area contributed by atoms with E-state index in [1.54, 1.807) is 0 Å². The second-order valence-corrected chi connectivity index (χ2v) is 5.52. The van der Waals surface area contributed by atoms with Crippen molar-refractivity contribution in [2.24, 2.45) is 0 Å². The molecular formula is C18H12F4N4O. The molecule has 0 aliphatic carbocycles. The summed E-state index contributed by atoms with van der Waals surface area (Å²) in [5.41, 5.74) is -0.0898. The largest absolute Gasteiger partial charge is 0.338 e. The molecule has 0 bridgehead atoms. The van der Waals surface area contributed by atoms with Crippen molar-refractivity contribution in [1.29, 1.82) is 0 Å². The number of hydrogen-bond donors (Lipinski definition) is 2. The highest BCUT2D eigenvalue weighted by Gasteiger charge is 2.13. The molecule has 1 heterocycles. The number of carbonyl (C=O) groups is 1. The average molecular weight is 376 g/mol. The second-order valence-electron chi connectivity index (χ2n) is 5.52. The number of rotatable bonds is 4. The van der Waals surface area contributed by atoms with Gasteiger partial charge in [0.2, 0.25) is 0 Å². The number of aromatic nitrogens is 2. The third-order valence-electron chi connectivity index (χ3n) is 3.44. The molecule has 0 atom stereocenters. The van der Waals surface area contributed by atoms with E-state index in [0.717, 1.165) is 18.2 Å². The summed E-state index contributed by atoms with van der Waals surface area (Å²) in [5.74, 6) is -4.11. The summed E-state index contributed by atoms with van der Waals surface area (Å²) in [5, 5.41) is 5.01. The SMILES string of the molecule is Cc1nc(Nc2ccc(F)cc2F)cc(C(=O)Nc2ccc(F)c(F)c2)n1. The Morgan fingerprint density at radius 2 is 1.67 bits per heavy atom. The van der Waals surface area contributed by atoms with Gasteiger partial charge in [0.15, 0.2) is 11.6 Å². The zero-order chi connectivity index (χ0) is 19.6. The van der Waals surface area contributed by atoms with Crippen LogP contribution in [0.4, 0.5) is 34.8 Å². The molecule has 3 aromatic rings. The number of hydrogen-bond acceptors (Lipinski definition) is 4. The van der Waals surface area contributed by atoms with E-state index in [2.05, 4.69) is 20.6 Å². The molecule has 0 unspecified atom stereocenters. The van der Waals surface area contributed by atoms with Gasteiger partial charge in [-0.2, -0.15) is 0 Å². The number of nitrogens with zero attached hydrogens (tertiary/aromatic N) is 2. The topological polar surface area (TPSA) is 66.9 Å². The standard InChI is InChI=1S/C18H12F4N4O/c1-9-23-16(18(27)25-11-3-4-12(20)13(21)7-11)8-17(24-9)26-15-5-2-10(19)6-14(15)22/h2-8H,1H3,(H,25,27)(H,23,24,26). The molecule has 3 rings (SSSR count). The average Bonchev–Trinajstić information content (AvgIpc) is 2.60.